The molecular weight excluding hydrogens is 308 g/mol. The topological polar surface area (TPSA) is 37.3 Å². The first-order valence-corrected chi connectivity index (χ1v) is 10.5. The fourth-order valence-corrected chi connectivity index (χ4v) is 8.15. The van der Waals surface area contributed by atoms with Crippen LogP contribution in [-0.2, 0) is 4.79 Å². The molecule has 144 valence electrons. The summed E-state index contributed by atoms with van der Waals surface area (Å²) < 4.78 is 0. The van der Waals surface area contributed by atoms with Crippen LogP contribution < -0.4 is 0 Å². The van der Waals surface area contributed by atoms with Crippen LogP contribution in [0.1, 0.15) is 86.0 Å². The maximum absolute atomic E-state index is 12.0. The number of aliphatic hydroxyl groups excluding tert-OH is 1. The Balaban J connectivity index is 0.00000182. The number of hydrogen-bond acceptors (Lipinski definition) is 2. The Labute approximate surface area is 155 Å². The summed E-state index contributed by atoms with van der Waals surface area (Å²) >= 11 is 0. The van der Waals surface area contributed by atoms with E-state index in [-0.39, 0.29) is 7.43 Å². The van der Waals surface area contributed by atoms with Gasteiger partial charge in [-0.05, 0) is 91.3 Å². The third kappa shape index (κ3) is 2.73. The maximum Gasteiger partial charge on any atom is 0.133 e. The first-order chi connectivity index (χ1) is 11.4. The van der Waals surface area contributed by atoms with Gasteiger partial charge in [0.1, 0.15) is 5.78 Å². The normalized spacial score (nSPS) is 50.2. The van der Waals surface area contributed by atoms with Crippen LogP contribution in [0.3, 0.4) is 0 Å². The molecule has 1 N–H and O–H groups in total. The van der Waals surface area contributed by atoms with Crippen LogP contribution in [0.15, 0.2) is 0 Å². The molecule has 0 radical (unpaired) electrons. The molecule has 0 aromatic carbocycles. The molecule has 0 heterocycles. The van der Waals surface area contributed by atoms with Crippen molar-refractivity contribution in [3.63, 3.8) is 0 Å². The van der Waals surface area contributed by atoms with E-state index in [1.54, 1.807) is 0 Å². The molecule has 4 rings (SSSR count). The zero-order valence-corrected chi connectivity index (χ0v) is 15.9. The van der Waals surface area contributed by atoms with Crippen LogP contribution in [0, 0.1) is 46.3 Å². The van der Waals surface area contributed by atoms with E-state index >= 15 is 0 Å². The number of fused-ring (bicyclic) bond motifs is 5. The molecule has 8 atom stereocenters. The van der Waals surface area contributed by atoms with E-state index < -0.39 is 0 Å². The number of rotatable bonds is 2. The van der Waals surface area contributed by atoms with Gasteiger partial charge in [0.2, 0.25) is 0 Å². The lowest BCUT2D eigenvalue weighted by atomic mass is 9.44. The fraction of sp³-hybridized carbons (Fsp3) is 0.957. The minimum absolute atomic E-state index is 0. The molecule has 25 heavy (non-hydrogen) atoms. The number of hydrogen-bond donors (Lipinski definition) is 1. The summed E-state index contributed by atoms with van der Waals surface area (Å²) in [4.78, 5) is 12.0. The maximum atomic E-state index is 12.0. The van der Waals surface area contributed by atoms with Crippen molar-refractivity contribution in [1.82, 2.24) is 0 Å². The highest BCUT2D eigenvalue weighted by molar-refractivity contribution is 5.79. The number of aliphatic hydroxyl groups is 1. The first-order valence-electron chi connectivity index (χ1n) is 10.5. The monoisotopic (exact) mass is 348 g/mol. The van der Waals surface area contributed by atoms with Gasteiger partial charge < -0.3 is 5.11 Å². The Hall–Kier alpha value is -0.370. The van der Waals surface area contributed by atoms with Crippen LogP contribution in [0.25, 0.3) is 0 Å². The number of carbonyl (C=O) groups is 1. The van der Waals surface area contributed by atoms with Gasteiger partial charge in [-0.2, -0.15) is 0 Å². The lowest BCUT2D eigenvalue weighted by molar-refractivity contribution is -0.140. The molecule has 4 aliphatic carbocycles. The third-order valence-electron chi connectivity index (χ3n) is 9.53. The van der Waals surface area contributed by atoms with Gasteiger partial charge in [-0.1, -0.05) is 28.2 Å². The van der Waals surface area contributed by atoms with Gasteiger partial charge in [-0.3, -0.25) is 4.79 Å². The zero-order chi connectivity index (χ0) is 17.1. The molecule has 4 fully saturated rings. The predicted octanol–water partition coefficient (Wildman–Crippen LogP) is 5.48. The number of Topliss-reactive ketones (excluding diaryl/α,β-unsaturated/α-hetero) is 1. The molecule has 4 aliphatic rings. The molecule has 0 aromatic heterocycles. The van der Waals surface area contributed by atoms with Gasteiger partial charge in [0.15, 0.2) is 0 Å². The molecule has 0 bridgehead atoms. The molecule has 0 aromatic rings. The standard InChI is InChI=1S/C22H36O2.CH4/c1-14(13-23)18-6-7-19-17-5-4-15-12-16(24)8-10-21(15,2)20(17)9-11-22(18,19)3;/h14-15,17-20,23H,4-13H2,1-3H3;1H4. The summed E-state index contributed by atoms with van der Waals surface area (Å²) in [5.41, 5.74) is 0.885. The molecule has 0 saturated heterocycles. The van der Waals surface area contributed by atoms with Crippen LogP contribution in [0.2, 0.25) is 0 Å². The molecule has 8 unspecified atom stereocenters. The molecule has 0 aliphatic heterocycles. The zero-order valence-electron chi connectivity index (χ0n) is 15.9. The molecular formula is C23H40O2. The second-order valence-corrected chi connectivity index (χ2v) is 10.3. The van der Waals surface area contributed by atoms with Crippen molar-refractivity contribution in [3.05, 3.63) is 0 Å². The van der Waals surface area contributed by atoms with Crippen molar-refractivity contribution in [3.8, 4) is 0 Å². The summed E-state index contributed by atoms with van der Waals surface area (Å²) in [6, 6.07) is 0. The minimum atomic E-state index is 0. The van der Waals surface area contributed by atoms with E-state index in [9.17, 15) is 9.90 Å². The summed E-state index contributed by atoms with van der Waals surface area (Å²) in [5.74, 6) is 4.96. The van der Waals surface area contributed by atoms with E-state index in [1.807, 2.05) is 0 Å². The van der Waals surface area contributed by atoms with Crippen LogP contribution in [0.4, 0.5) is 0 Å². The number of carbonyl (C=O) groups excluding carboxylic acids is 1. The highest BCUT2D eigenvalue weighted by Gasteiger charge is 2.60. The smallest absolute Gasteiger partial charge is 0.133 e. The highest BCUT2D eigenvalue weighted by atomic mass is 16.3. The van der Waals surface area contributed by atoms with Crippen molar-refractivity contribution >= 4 is 5.78 Å². The van der Waals surface area contributed by atoms with E-state index in [0.717, 1.165) is 37.0 Å². The van der Waals surface area contributed by atoms with Crippen molar-refractivity contribution in [2.45, 2.75) is 86.0 Å². The van der Waals surface area contributed by atoms with Crippen LogP contribution >= 0.6 is 0 Å². The third-order valence-corrected chi connectivity index (χ3v) is 9.53. The van der Waals surface area contributed by atoms with E-state index in [0.29, 0.717) is 41.0 Å². The Morgan fingerprint density at radius 1 is 1.04 bits per heavy atom. The first kappa shape index (κ1) is 19.4. The molecule has 0 amide bonds. The largest absolute Gasteiger partial charge is 0.396 e. The second kappa shape index (κ2) is 6.66. The molecule has 2 nitrogen and oxygen atoms in total. The van der Waals surface area contributed by atoms with Crippen LogP contribution in [-0.4, -0.2) is 17.5 Å². The molecule has 0 spiro atoms. The lowest BCUT2D eigenvalue weighted by Crippen LogP contribution is -2.53. The van der Waals surface area contributed by atoms with Crippen molar-refractivity contribution in [2.24, 2.45) is 46.3 Å². The van der Waals surface area contributed by atoms with Crippen LogP contribution in [0.5, 0.6) is 0 Å². The second-order valence-electron chi connectivity index (χ2n) is 10.3. The predicted molar refractivity (Wildman–Crippen MR) is 103 cm³/mol. The molecule has 4 saturated carbocycles. The van der Waals surface area contributed by atoms with Gasteiger partial charge in [-0.25, -0.2) is 0 Å². The van der Waals surface area contributed by atoms with Gasteiger partial charge in [0, 0.05) is 19.4 Å². The van der Waals surface area contributed by atoms with Gasteiger partial charge in [0.25, 0.3) is 0 Å². The molecule has 2 heteroatoms. The van der Waals surface area contributed by atoms with Gasteiger partial charge >= 0.3 is 0 Å². The Bertz CT molecular complexity index is 514. The van der Waals surface area contributed by atoms with Gasteiger partial charge in [0.05, 0.1) is 0 Å². The summed E-state index contributed by atoms with van der Waals surface area (Å²) in [5, 5.41) is 9.72. The Morgan fingerprint density at radius 2 is 1.76 bits per heavy atom. The Kier molecular flexibility index (Phi) is 5.17. The SMILES string of the molecule is C.CC(CO)C1CCC2C3CCC4CC(=O)CCC4(C)C3CCC12C. The van der Waals surface area contributed by atoms with Crippen molar-refractivity contribution in [2.75, 3.05) is 6.61 Å². The summed E-state index contributed by atoms with van der Waals surface area (Å²) in [7, 11) is 0. The summed E-state index contributed by atoms with van der Waals surface area (Å²) in [6.07, 6.45) is 10.9. The van der Waals surface area contributed by atoms with Crippen molar-refractivity contribution < 1.29 is 9.90 Å². The summed E-state index contributed by atoms with van der Waals surface area (Å²) in [6.45, 7) is 7.70. The Morgan fingerprint density at radius 3 is 2.48 bits per heavy atom. The van der Waals surface area contributed by atoms with Gasteiger partial charge in [-0.15, -0.1) is 0 Å². The average molecular weight is 349 g/mol. The van der Waals surface area contributed by atoms with E-state index in [2.05, 4.69) is 20.8 Å². The minimum Gasteiger partial charge on any atom is -0.396 e. The van der Waals surface area contributed by atoms with E-state index in [1.165, 1.54) is 38.5 Å². The highest BCUT2D eigenvalue weighted by Crippen LogP contribution is 2.67. The lowest BCUT2D eigenvalue weighted by Gasteiger charge is -2.60. The quantitative estimate of drug-likeness (QED) is 0.717. The van der Waals surface area contributed by atoms with Crippen molar-refractivity contribution in [1.29, 1.82) is 0 Å². The van der Waals surface area contributed by atoms with E-state index in [4.69, 9.17) is 0 Å². The fourth-order valence-electron chi connectivity index (χ4n) is 8.15. The number of ketones is 1. The average Bonchev–Trinajstić information content (AvgIpc) is 2.92.